The summed E-state index contributed by atoms with van der Waals surface area (Å²) >= 11 is 0. The second kappa shape index (κ2) is 6.00. The molecule has 1 aromatic carbocycles. The van der Waals surface area contributed by atoms with Crippen LogP contribution < -0.4 is 4.90 Å². The van der Waals surface area contributed by atoms with Gasteiger partial charge in [0, 0.05) is 30.2 Å². The number of hydrogen-bond donors (Lipinski definition) is 1. The van der Waals surface area contributed by atoms with Gasteiger partial charge in [-0.3, -0.25) is 0 Å². The number of rotatable bonds is 3. The second-order valence-electron chi connectivity index (χ2n) is 5.96. The van der Waals surface area contributed by atoms with Crippen molar-refractivity contribution in [2.24, 2.45) is 0 Å². The van der Waals surface area contributed by atoms with Crippen LogP contribution in [0.25, 0.3) is 10.8 Å². The van der Waals surface area contributed by atoms with Gasteiger partial charge in [0.05, 0.1) is 6.61 Å². The van der Waals surface area contributed by atoms with E-state index in [4.69, 9.17) is 0 Å². The van der Waals surface area contributed by atoms with E-state index >= 15 is 0 Å². The van der Waals surface area contributed by atoms with Gasteiger partial charge >= 0.3 is 0 Å². The van der Waals surface area contributed by atoms with E-state index in [2.05, 4.69) is 41.0 Å². The van der Waals surface area contributed by atoms with Crippen LogP contribution in [-0.2, 0) is 6.61 Å². The summed E-state index contributed by atoms with van der Waals surface area (Å²) in [5.74, 6) is 1.03. The molecular formula is C17H23N3O. The largest absolute Gasteiger partial charge is 0.392 e. The standard InChI is InChI=1S/C17H23N3O/c1-19-9-7-14(8-10-19)20(2)17-16-6-4-3-5-15(16)13(12-21)11-18-17/h3-6,11,14,21H,7-10,12H2,1-2H3. The molecule has 21 heavy (non-hydrogen) atoms. The minimum Gasteiger partial charge on any atom is -0.392 e. The van der Waals surface area contributed by atoms with Gasteiger partial charge in [-0.25, -0.2) is 4.98 Å². The third-order valence-electron chi connectivity index (χ3n) is 4.60. The quantitative estimate of drug-likeness (QED) is 0.939. The summed E-state index contributed by atoms with van der Waals surface area (Å²) in [6, 6.07) is 8.76. The molecule has 2 aromatic rings. The Labute approximate surface area is 126 Å². The lowest BCUT2D eigenvalue weighted by molar-refractivity contribution is 0.252. The summed E-state index contributed by atoms with van der Waals surface area (Å²) in [6.07, 6.45) is 4.15. The number of hydrogen-bond acceptors (Lipinski definition) is 4. The summed E-state index contributed by atoms with van der Waals surface area (Å²) in [5, 5.41) is 11.7. The highest BCUT2D eigenvalue weighted by molar-refractivity contribution is 5.94. The van der Waals surface area contributed by atoms with Crippen molar-refractivity contribution in [2.45, 2.75) is 25.5 Å². The number of aliphatic hydroxyl groups is 1. The number of nitrogens with zero attached hydrogens (tertiary/aromatic N) is 3. The fraction of sp³-hybridized carbons (Fsp3) is 0.471. The van der Waals surface area contributed by atoms with Crippen molar-refractivity contribution in [3.63, 3.8) is 0 Å². The molecule has 1 N–H and O–H groups in total. The average molecular weight is 285 g/mol. The van der Waals surface area contributed by atoms with Crippen molar-refractivity contribution in [1.29, 1.82) is 0 Å². The topological polar surface area (TPSA) is 39.6 Å². The van der Waals surface area contributed by atoms with E-state index in [9.17, 15) is 5.11 Å². The zero-order valence-electron chi connectivity index (χ0n) is 12.8. The molecular weight excluding hydrogens is 262 g/mol. The van der Waals surface area contributed by atoms with Gasteiger partial charge in [-0.1, -0.05) is 24.3 Å². The molecule has 0 aliphatic carbocycles. The van der Waals surface area contributed by atoms with Crippen molar-refractivity contribution >= 4 is 16.6 Å². The van der Waals surface area contributed by atoms with Gasteiger partial charge in [0.2, 0.25) is 0 Å². The molecule has 1 fully saturated rings. The predicted molar refractivity (Wildman–Crippen MR) is 86.6 cm³/mol. The van der Waals surface area contributed by atoms with Gasteiger partial charge in [-0.2, -0.15) is 0 Å². The molecule has 1 saturated heterocycles. The maximum absolute atomic E-state index is 9.48. The van der Waals surface area contributed by atoms with E-state index in [1.807, 2.05) is 18.3 Å². The molecule has 112 valence electrons. The number of piperidine rings is 1. The summed E-state index contributed by atoms with van der Waals surface area (Å²) in [4.78, 5) is 9.32. The Balaban J connectivity index is 1.96. The normalized spacial score (nSPS) is 17.3. The molecule has 0 saturated carbocycles. The number of benzene rings is 1. The monoisotopic (exact) mass is 285 g/mol. The molecule has 3 rings (SSSR count). The molecule has 0 amide bonds. The van der Waals surface area contributed by atoms with Crippen molar-refractivity contribution < 1.29 is 5.11 Å². The van der Waals surface area contributed by atoms with Crippen LogP contribution in [0.1, 0.15) is 18.4 Å². The number of pyridine rings is 1. The molecule has 0 atom stereocenters. The van der Waals surface area contributed by atoms with Gasteiger partial charge in [0.1, 0.15) is 5.82 Å². The van der Waals surface area contributed by atoms with Crippen molar-refractivity contribution in [1.82, 2.24) is 9.88 Å². The highest BCUT2D eigenvalue weighted by Gasteiger charge is 2.22. The molecule has 1 aliphatic heterocycles. The Morgan fingerprint density at radius 3 is 2.57 bits per heavy atom. The van der Waals surface area contributed by atoms with Gasteiger partial charge in [-0.15, -0.1) is 0 Å². The summed E-state index contributed by atoms with van der Waals surface area (Å²) in [7, 11) is 4.32. The van der Waals surface area contributed by atoms with Gasteiger partial charge in [0.25, 0.3) is 0 Å². The molecule has 1 aliphatic rings. The van der Waals surface area contributed by atoms with Crippen LogP contribution in [0.2, 0.25) is 0 Å². The molecule has 2 heterocycles. The van der Waals surface area contributed by atoms with E-state index in [1.54, 1.807) is 0 Å². The first-order valence-corrected chi connectivity index (χ1v) is 7.59. The number of likely N-dealkylation sites (tertiary alicyclic amines) is 1. The summed E-state index contributed by atoms with van der Waals surface area (Å²) in [6.45, 7) is 2.31. The van der Waals surface area contributed by atoms with E-state index in [0.29, 0.717) is 6.04 Å². The first kappa shape index (κ1) is 14.3. The number of aliphatic hydroxyl groups excluding tert-OH is 1. The SMILES string of the molecule is CN1CCC(N(C)c2ncc(CO)c3ccccc23)CC1. The lowest BCUT2D eigenvalue weighted by atomic mass is 10.0. The Morgan fingerprint density at radius 2 is 1.90 bits per heavy atom. The number of anilines is 1. The Kier molecular flexibility index (Phi) is 4.08. The van der Waals surface area contributed by atoms with Crippen LogP contribution in [-0.4, -0.2) is 48.2 Å². The van der Waals surface area contributed by atoms with Gasteiger partial charge < -0.3 is 14.9 Å². The molecule has 4 heteroatoms. The Morgan fingerprint density at radius 1 is 1.24 bits per heavy atom. The minimum atomic E-state index is 0.0335. The van der Waals surface area contributed by atoms with Crippen LogP contribution in [0, 0.1) is 0 Å². The predicted octanol–water partition coefficient (Wildman–Crippen LogP) is 2.26. The van der Waals surface area contributed by atoms with Crippen LogP contribution in [0.15, 0.2) is 30.5 Å². The first-order chi connectivity index (χ1) is 10.2. The second-order valence-corrected chi connectivity index (χ2v) is 5.96. The average Bonchev–Trinajstić information content (AvgIpc) is 2.54. The fourth-order valence-corrected chi connectivity index (χ4v) is 3.20. The lowest BCUT2D eigenvalue weighted by Crippen LogP contribution is -2.42. The molecule has 0 bridgehead atoms. The minimum absolute atomic E-state index is 0.0335. The van der Waals surface area contributed by atoms with E-state index in [-0.39, 0.29) is 6.61 Å². The summed E-state index contributed by atoms with van der Waals surface area (Å²) in [5.41, 5.74) is 0.895. The smallest absolute Gasteiger partial charge is 0.136 e. The molecule has 0 unspecified atom stereocenters. The van der Waals surface area contributed by atoms with E-state index in [1.165, 1.54) is 12.8 Å². The molecule has 4 nitrogen and oxygen atoms in total. The Hall–Kier alpha value is -1.65. The molecule has 0 spiro atoms. The zero-order valence-corrected chi connectivity index (χ0v) is 12.8. The highest BCUT2D eigenvalue weighted by Crippen LogP contribution is 2.29. The van der Waals surface area contributed by atoms with Gasteiger partial charge in [0.15, 0.2) is 0 Å². The maximum Gasteiger partial charge on any atom is 0.136 e. The van der Waals surface area contributed by atoms with Gasteiger partial charge in [-0.05, 0) is 38.4 Å². The highest BCUT2D eigenvalue weighted by atomic mass is 16.3. The third-order valence-corrected chi connectivity index (χ3v) is 4.60. The van der Waals surface area contributed by atoms with Crippen molar-refractivity contribution in [2.75, 3.05) is 32.1 Å². The van der Waals surface area contributed by atoms with E-state index < -0.39 is 0 Å². The number of fused-ring (bicyclic) bond motifs is 1. The van der Waals surface area contributed by atoms with Crippen molar-refractivity contribution in [3.8, 4) is 0 Å². The fourth-order valence-electron chi connectivity index (χ4n) is 3.20. The molecule has 1 aromatic heterocycles. The zero-order chi connectivity index (χ0) is 14.8. The van der Waals surface area contributed by atoms with Crippen LogP contribution in [0.5, 0.6) is 0 Å². The van der Waals surface area contributed by atoms with Crippen LogP contribution >= 0.6 is 0 Å². The number of aromatic nitrogens is 1. The van der Waals surface area contributed by atoms with Crippen LogP contribution in [0.4, 0.5) is 5.82 Å². The summed E-state index contributed by atoms with van der Waals surface area (Å²) < 4.78 is 0. The Bertz CT molecular complexity index is 620. The van der Waals surface area contributed by atoms with E-state index in [0.717, 1.165) is 35.2 Å². The first-order valence-electron chi connectivity index (χ1n) is 7.59. The third kappa shape index (κ3) is 2.74. The lowest BCUT2D eigenvalue weighted by Gasteiger charge is -2.36. The van der Waals surface area contributed by atoms with Crippen molar-refractivity contribution in [3.05, 3.63) is 36.0 Å². The molecule has 0 radical (unpaired) electrons. The maximum atomic E-state index is 9.48. The van der Waals surface area contributed by atoms with Crippen LogP contribution in [0.3, 0.4) is 0 Å².